The Morgan fingerprint density at radius 2 is 1.62 bits per heavy atom. The first-order valence-electron chi connectivity index (χ1n) is 13.0. The van der Waals surface area contributed by atoms with Gasteiger partial charge in [-0.25, -0.2) is 0 Å². The number of aliphatic hydroxyl groups is 1. The fourth-order valence-electron chi connectivity index (χ4n) is 9.13. The summed E-state index contributed by atoms with van der Waals surface area (Å²) < 4.78 is 0. The number of aliphatic hydroxyl groups excluding tert-OH is 1. The lowest BCUT2D eigenvalue weighted by Crippen LogP contribution is -2.56. The number of fused-ring (bicyclic) bond motifs is 5. The highest BCUT2D eigenvalue weighted by molar-refractivity contribution is 6.25. The van der Waals surface area contributed by atoms with E-state index in [-0.39, 0.29) is 11.0 Å². The molecule has 0 heterocycles. The summed E-state index contributed by atoms with van der Waals surface area (Å²) in [5, 5.41) is 10.3. The molecule has 1 unspecified atom stereocenters. The molecule has 4 aliphatic rings. The second-order valence-corrected chi connectivity index (χ2v) is 13.3. The van der Waals surface area contributed by atoms with Gasteiger partial charge in [0.2, 0.25) is 0 Å². The molecule has 0 saturated heterocycles. The van der Waals surface area contributed by atoms with E-state index in [1.54, 1.807) is 0 Å². The maximum atomic E-state index is 10.3. The molecular formula is C27H47ClO. The van der Waals surface area contributed by atoms with Gasteiger partial charge in [-0.1, -0.05) is 47.5 Å². The molecule has 1 N–H and O–H groups in total. The third kappa shape index (κ3) is 3.53. The second kappa shape index (κ2) is 7.99. The largest absolute Gasteiger partial charge is 0.393 e. The van der Waals surface area contributed by atoms with E-state index in [0.29, 0.717) is 16.7 Å². The minimum absolute atomic E-state index is 0.0140. The molecule has 29 heavy (non-hydrogen) atoms. The molecule has 0 radical (unpaired) electrons. The van der Waals surface area contributed by atoms with E-state index in [1.165, 1.54) is 64.2 Å². The van der Waals surface area contributed by atoms with Crippen LogP contribution in [0.2, 0.25) is 0 Å². The van der Waals surface area contributed by atoms with E-state index >= 15 is 0 Å². The normalized spacial score (nSPS) is 50.7. The first-order chi connectivity index (χ1) is 13.6. The zero-order valence-electron chi connectivity index (χ0n) is 19.9. The van der Waals surface area contributed by atoms with E-state index in [1.807, 2.05) is 0 Å². The summed E-state index contributed by atoms with van der Waals surface area (Å²) in [5.74, 6) is 4.78. The van der Waals surface area contributed by atoms with Crippen LogP contribution in [-0.4, -0.2) is 16.1 Å². The molecule has 0 aromatic heterocycles. The predicted octanol–water partition coefficient (Wildman–Crippen LogP) is 7.83. The van der Waals surface area contributed by atoms with Crippen molar-refractivity contribution in [3.05, 3.63) is 0 Å². The zero-order chi connectivity index (χ0) is 21.0. The molecule has 4 rings (SSSR count). The molecule has 4 fully saturated rings. The minimum Gasteiger partial charge on any atom is -0.393 e. The Morgan fingerprint density at radius 3 is 2.34 bits per heavy atom. The van der Waals surface area contributed by atoms with Gasteiger partial charge in [0.1, 0.15) is 0 Å². The quantitative estimate of drug-likeness (QED) is 0.447. The van der Waals surface area contributed by atoms with Crippen LogP contribution in [0.25, 0.3) is 0 Å². The van der Waals surface area contributed by atoms with E-state index in [9.17, 15) is 5.11 Å². The van der Waals surface area contributed by atoms with Crippen LogP contribution in [0.5, 0.6) is 0 Å². The smallest absolute Gasteiger partial charge is 0.0543 e. The Hall–Kier alpha value is 0.250. The third-order valence-electron chi connectivity index (χ3n) is 11.0. The highest BCUT2D eigenvalue weighted by atomic mass is 35.5. The van der Waals surface area contributed by atoms with Crippen molar-refractivity contribution >= 4 is 11.6 Å². The van der Waals surface area contributed by atoms with Crippen LogP contribution in [0.15, 0.2) is 0 Å². The van der Waals surface area contributed by atoms with Gasteiger partial charge in [0, 0.05) is 0 Å². The Morgan fingerprint density at radius 1 is 0.897 bits per heavy atom. The van der Waals surface area contributed by atoms with Crippen molar-refractivity contribution in [2.45, 2.75) is 123 Å². The van der Waals surface area contributed by atoms with Gasteiger partial charge in [0.05, 0.1) is 11.0 Å². The lowest BCUT2D eigenvalue weighted by Gasteiger charge is -2.62. The Kier molecular flexibility index (Phi) is 6.18. The van der Waals surface area contributed by atoms with Crippen molar-refractivity contribution in [2.75, 3.05) is 0 Å². The first-order valence-corrected chi connectivity index (χ1v) is 13.4. The average molecular weight is 423 g/mol. The Labute approximate surface area is 185 Å². The molecule has 0 aromatic rings. The molecule has 2 heteroatoms. The summed E-state index contributed by atoms with van der Waals surface area (Å²) >= 11 is 7.64. The van der Waals surface area contributed by atoms with Crippen LogP contribution in [0.4, 0.5) is 0 Å². The van der Waals surface area contributed by atoms with Crippen LogP contribution in [0, 0.1) is 46.3 Å². The molecule has 0 bridgehead atoms. The number of halogens is 1. The molecular weight excluding hydrogens is 376 g/mol. The summed E-state index contributed by atoms with van der Waals surface area (Å²) in [5.41, 5.74) is 0.800. The molecule has 0 spiro atoms. The zero-order valence-corrected chi connectivity index (χ0v) is 20.6. The van der Waals surface area contributed by atoms with Crippen molar-refractivity contribution in [3.8, 4) is 0 Å². The van der Waals surface area contributed by atoms with Gasteiger partial charge in [0.15, 0.2) is 0 Å². The number of rotatable bonds is 5. The fourth-order valence-corrected chi connectivity index (χ4v) is 9.58. The van der Waals surface area contributed by atoms with Crippen LogP contribution >= 0.6 is 11.6 Å². The van der Waals surface area contributed by atoms with E-state index in [0.717, 1.165) is 42.4 Å². The van der Waals surface area contributed by atoms with Crippen LogP contribution < -0.4 is 0 Å². The highest BCUT2D eigenvalue weighted by Gasteiger charge is 2.65. The number of hydrogen-bond acceptors (Lipinski definition) is 1. The molecule has 4 saturated carbocycles. The van der Waals surface area contributed by atoms with Gasteiger partial charge in [-0.2, -0.15) is 0 Å². The average Bonchev–Trinajstić information content (AvgIpc) is 2.94. The van der Waals surface area contributed by atoms with Crippen molar-refractivity contribution in [1.29, 1.82) is 0 Å². The van der Waals surface area contributed by atoms with Crippen molar-refractivity contribution < 1.29 is 5.11 Å². The topological polar surface area (TPSA) is 20.2 Å². The van der Waals surface area contributed by atoms with Crippen LogP contribution in [-0.2, 0) is 0 Å². The summed E-state index contributed by atoms with van der Waals surface area (Å²) in [6.45, 7) is 12.3. The third-order valence-corrected chi connectivity index (χ3v) is 12.0. The Bertz CT molecular complexity index is 589. The van der Waals surface area contributed by atoms with E-state index in [4.69, 9.17) is 11.6 Å². The standard InChI is InChI=1S/C27H47ClO/c1-18(2)7-6-8-19(3)27(28)16-13-24-22-10-9-20-17-21(29)11-14-25(20,4)23(22)12-15-26(24,27)5/h18-24,29H,6-17H2,1-5H3/t19-,20?,21-,22-,23+,24+,25+,26+,27+/m1/s1. The number of alkyl halides is 1. The molecule has 1 nitrogen and oxygen atoms in total. The maximum absolute atomic E-state index is 10.3. The summed E-state index contributed by atoms with van der Waals surface area (Å²) in [4.78, 5) is 0.0140. The molecule has 0 amide bonds. The van der Waals surface area contributed by atoms with Crippen molar-refractivity contribution in [3.63, 3.8) is 0 Å². The molecule has 168 valence electrons. The molecule has 4 aliphatic carbocycles. The highest BCUT2D eigenvalue weighted by Crippen LogP contribution is 2.71. The van der Waals surface area contributed by atoms with Gasteiger partial charge in [-0.15, -0.1) is 11.6 Å². The van der Waals surface area contributed by atoms with Gasteiger partial charge in [-0.05, 0) is 111 Å². The molecule has 9 atom stereocenters. The van der Waals surface area contributed by atoms with Crippen molar-refractivity contribution in [2.24, 2.45) is 46.3 Å². The van der Waals surface area contributed by atoms with Crippen LogP contribution in [0.1, 0.15) is 112 Å². The van der Waals surface area contributed by atoms with Crippen molar-refractivity contribution in [1.82, 2.24) is 0 Å². The monoisotopic (exact) mass is 422 g/mol. The lowest BCUT2D eigenvalue weighted by molar-refractivity contribution is -0.126. The summed E-state index contributed by atoms with van der Waals surface area (Å²) in [7, 11) is 0. The Balaban J connectivity index is 1.51. The van der Waals surface area contributed by atoms with Gasteiger partial charge in [0.25, 0.3) is 0 Å². The molecule has 0 aliphatic heterocycles. The predicted molar refractivity (Wildman–Crippen MR) is 124 cm³/mol. The van der Waals surface area contributed by atoms with E-state index in [2.05, 4.69) is 34.6 Å². The number of hydrogen-bond donors (Lipinski definition) is 1. The fraction of sp³-hybridized carbons (Fsp3) is 1.00. The van der Waals surface area contributed by atoms with Gasteiger partial charge < -0.3 is 5.11 Å². The van der Waals surface area contributed by atoms with E-state index < -0.39 is 0 Å². The molecule has 0 aromatic carbocycles. The second-order valence-electron chi connectivity index (χ2n) is 12.7. The minimum atomic E-state index is -0.0351. The van der Waals surface area contributed by atoms with Gasteiger partial charge in [-0.3, -0.25) is 0 Å². The lowest BCUT2D eigenvalue weighted by atomic mass is 9.44. The first kappa shape index (κ1) is 22.4. The maximum Gasteiger partial charge on any atom is 0.0543 e. The van der Waals surface area contributed by atoms with Gasteiger partial charge >= 0.3 is 0 Å². The summed E-state index contributed by atoms with van der Waals surface area (Å²) in [6, 6.07) is 0. The van der Waals surface area contributed by atoms with Crippen LogP contribution in [0.3, 0.4) is 0 Å². The summed E-state index contributed by atoms with van der Waals surface area (Å²) in [6.07, 6.45) is 15.3. The SMILES string of the molecule is CC(C)CCC[C@@H](C)[C@@]1(Cl)CC[C@H]2[C@@H]3CCC4C[C@H](O)CC[C@]4(C)[C@H]3CC[C@@]21C.